The Labute approximate surface area is 116 Å². The largest absolute Gasteiger partial charge is 0.398 e. The predicted octanol–water partition coefficient (Wildman–Crippen LogP) is -1.46. The molecule has 0 aliphatic heterocycles. The van der Waals surface area contributed by atoms with Crippen LogP contribution in [-0.4, -0.2) is 37.6 Å². The normalized spacial score (nSPS) is 11.5. The highest BCUT2D eigenvalue weighted by Gasteiger charge is 2.29. The number of amides is 2. The van der Waals surface area contributed by atoms with Crippen LogP contribution in [0.4, 0.5) is 5.69 Å². The number of hydrogen-bond donors (Lipinski definition) is 3. The van der Waals surface area contributed by atoms with Gasteiger partial charge in [-0.15, -0.1) is 0 Å². The summed E-state index contributed by atoms with van der Waals surface area (Å²) in [5.74, 6) is -1.78. The van der Waals surface area contributed by atoms with Gasteiger partial charge >= 0.3 is 0 Å². The molecule has 9 heteroatoms. The van der Waals surface area contributed by atoms with Crippen LogP contribution >= 0.6 is 0 Å². The van der Waals surface area contributed by atoms with Gasteiger partial charge in [-0.05, 0) is 24.6 Å². The first-order valence-corrected chi connectivity index (χ1v) is 7.02. The summed E-state index contributed by atoms with van der Waals surface area (Å²) in [6.07, 6.45) is 0. The Morgan fingerprint density at radius 3 is 2.10 bits per heavy atom. The summed E-state index contributed by atoms with van der Waals surface area (Å²) in [6, 6.07) is 4.33. The fourth-order valence-electron chi connectivity index (χ4n) is 1.62. The number of nitrogens with two attached hydrogens (primary N) is 3. The van der Waals surface area contributed by atoms with Crippen molar-refractivity contribution < 1.29 is 18.0 Å². The molecule has 0 fully saturated rings. The molecule has 8 nitrogen and oxygen atoms in total. The molecule has 1 rings (SSSR count). The van der Waals surface area contributed by atoms with Crippen molar-refractivity contribution >= 4 is 27.5 Å². The molecule has 0 spiro atoms. The number of anilines is 1. The Balaban J connectivity index is 3.32. The maximum absolute atomic E-state index is 12.4. The summed E-state index contributed by atoms with van der Waals surface area (Å²) >= 11 is 0. The van der Waals surface area contributed by atoms with Gasteiger partial charge in [0.2, 0.25) is 21.8 Å². The number of sulfonamides is 1. The van der Waals surface area contributed by atoms with Gasteiger partial charge in [-0.2, -0.15) is 4.31 Å². The third-order valence-corrected chi connectivity index (χ3v) is 4.54. The van der Waals surface area contributed by atoms with Gasteiger partial charge in [0.25, 0.3) is 0 Å². The lowest BCUT2D eigenvalue weighted by Crippen LogP contribution is -2.43. The van der Waals surface area contributed by atoms with Crippen LogP contribution in [0.15, 0.2) is 23.1 Å². The lowest BCUT2D eigenvalue weighted by molar-refractivity contribution is -0.120. The number of primary amides is 2. The van der Waals surface area contributed by atoms with Crippen molar-refractivity contribution in [2.24, 2.45) is 11.5 Å². The van der Waals surface area contributed by atoms with Gasteiger partial charge in [0, 0.05) is 5.69 Å². The molecule has 0 saturated carbocycles. The number of nitrogen functional groups attached to an aromatic ring is 1. The van der Waals surface area contributed by atoms with E-state index >= 15 is 0 Å². The van der Waals surface area contributed by atoms with Crippen molar-refractivity contribution in [3.05, 3.63) is 23.8 Å². The standard InChI is InChI=1S/C11H16N4O4S/c1-7-8(12)3-2-4-9(7)20(18,19)15(5-10(13)16)6-11(14)17/h2-4H,5-6,12H2,1H3,(H2,13,16)(H2,14,17). The lowest BCUT2D eigenvalue weighted by Gasteiger charge is -2.20. The van der Waals surface area contributed by atoms with Crippen molar-refractivity contribution in [1.29, 1.82) is 0 Å². The second-order valence-electron chi connectivity index (χ2n) is 4.18. The zero-order valence-electron chi connectivity index (χ0n) is 10.9. The van der Waals surface area contributed by atoms with Crippen LogP contribution in [-0.2, 0) is 19.6 Å². The molecule has 0 heterocycles. The quantitative estimate of drug-likeness (QED) is 0.549. The van der Waals surface area contributed by atoms with Crippen LogP contribution in [0.25, 0.3) is 0 Å². The summed E-state index contributed by atoms with van der Waals surface area (Å²) in [5, 5.41) is 0. The zero-order valence-corrected chi connectivity index (χ0v) is 11.7. The predicted molar refractivity (Wildman–Crippen MR) is 72.7 cm³/mol. The molecular weight excluding hydrogens is 284 g/mol. The summed E-state index contributed by atoms with van der Waals surface area (Å²) in [7, 11) is -4.09. The average molecular weight is 300 g/mol. The van der Waals surface area contributed by atoms with Crippen LogP contribution in [0.2, 0.25) is 0 Å². The van der Waals surface area contributed by atoms with Gasteiger partial charge in [0.15, 0.2) is 0 Å². The van der Waals surface area contributed by atoms with E-state index in [1.165, 1.54) is 19.1 Å². The van der Waals surface area contributed by atoms with Gasteiger partial charge in [-0.1, -0.05) is 6.07 Å². The first-order chi connectivity index (χ1) is 9.16. The van der Waals surface area contributed by atoms with E-state index in [-0.39, 0.29) is 10.6 Å². The highest BCUT2D eigenvalue weighted by molar-refractivity contribution is 7.89. The highest BCUT2D eigenvalue weighted by atomic mass is 32.2. The molecule has 0 bridgehead atoms. The molecule has 110 valence electrons. The Bertz CT molecular complexity index is 626. The monoisotopic (exact) mass is 300 g/mol. The molecule has 20 heavy (non-hydrogen) atoms. The summed E-state index contributed by atoms with van der Waals surface area (Å²) in [6.45, 7) is 0.244. The minimum atomic E-state index is -4.09. The van der Waals surface area contributed by atoms with Gasteiger partial charge in [0.05, 0.1) is 18.0 Å². The molecule has 0 unspecified atom stereocenters. The van der Waals surface area contributed by atoms with Gasteiger partial charge in [0.1, 0.15) is 0 Å². The van der Waals surface area contributed by atoms with E-state index in [0.29, 0.717) is 9.87 Å². The van der Waals surface area contributed by atoms with Gasteiger partial charge in [-0.25, -0.2) is 8.42 Å². The van der Waals surface area contributed by atoms with Crippen molar-refractivity contribution in [2.75, 3.05) is 18.8 Å². The van der Waals surface area contributed by atoms with E-state index in [9.17, 15) is 18.0 Å². The highest BCUT2D eigenvalue weighted by Crippen LogP contribution is 2.23. The molecular formula is C11H16N4O4S. The first kappa shape index (κ1) is 15.9. The van der Waals surface area contributed by atoms with E-state index in [1.807, 2.05) is 0 Å². The molecule has 0 aliphatic carbocycles. The molecule has 1 aromatic rings. The van der Waals surface area contributed by atoms with E-state index in [0.717, 1.165) is 0 Å². The molecule has 2 amide bonds. The molecule has 0 aliphatic rings. The Kier molecular flexibility index (Phi) is 4.69. The molecule has 0 saturated heterocycles. The van der Waals surface area contributed by atoms with E-state index in [4.69, 9.17) is 17.2 Å². The van der Waals surface area contributed by atoms with Crippen molar-refractivity contribution in [3.63, 3.8) is 0 Å². The van der Waals surface area contributed by atoms with Crippen molar-refractivity contribution in [1.82, 2.24) is 4.31 Å². The van der Waals surface area contributed by atoms with Crippen LogP contribution in [0.1, 0.15) is 5.56 Å². The minimum Gasteiger partial charge on any atom is -0.398 e. The van der Waals surface area contributed by atoms with Crippen LogP contribution in [0, 0.1) is 6.92 Å². The maximum Gasteiger partial charge on any atom is 0.244 e. The molecule has 0 atom stereocenters. The number of nitrogens with zero attached hydrogens (tertiary/aromatic N) is 1. The van der Waals surface area contributed by atoms with Gasteiger partial charge in [-0.3, -0.25) is 9.59 Å². The number of benzene rings is 1. The first-order valence-electron chi connectivity index (χ1n) is 5.58. The minimum absolute atomic E-state index is 0.0972. The Morgan fingerprint density at radius 2 is 1.65 bits per heavy atom. The van der Waals surface area contributed by atoms with Crippen molar-refractivity contribution in [3.8, 4) is 0 Å². The fourth-order valence-corrected chi connectivity index (χ4v) is 3.25. The Morgan fingerprint density at radius 1 is 1.15 bits per heavy atom. The topological polar surface area (TPSA) is 150 Å². The Hall–Kier alpha value is -2.13. The van der Waals surface area contributed by atoms with Crippen LogP contribution in [0.3, 0.4) is 0 Å². The summed E-state index contributed by atoms with van der Waals surface area (Å²) < 4.78 is 25.5. The zero-order chi connectivity index (χ0) is 15.5. The van der Waals surface area contributed by atoms with Crippen LogP contribution in [0.5, 0.6) is 0 Å². The van der Waals surface area contributed by atoms with Crippen LogP contribution < -0.4 is 17.2 Å². The average Bonchev–Trinajstić information content (AvgIpc) is 2.30. The van der Waals surface area contributed by atoms with Crippen molar-refractivity contribution in [2.45, 2.75) is 11.8 Å². The second kappa shape index (κ2) is 5.88. The molecule has 6 N–H and O–H groups in total. The fraction of sp³-hybridized carbons (Fsp3) is 0.273. The molecule has 1 aromatic carbocycles. The third-order valence-electron chi connectivity index (χ3n) is 2.61. The number of hydrogen-bond acceptors (Lipinski definition) is 5. The van der Waals surface area contributed by atoms with E-state index < -0.39 is 34.9 Å². The second-order valence-corrected chi connectivity index (χ2v) is 6.08. The van der Waals surface area contributed by atoms with E-state index in [2.05, 4.69) is 0 Å². The molecule has 0 aromatic heterocycles. The third kappa shape index (κ3) is 3.45. The SMILES string of the molecule is Cc1c(N)cccc1S(=O)(=O)N(CC(N)=O)CC(N)=O. The maximum atomic E-state index is 12.4. The number of carbonyl (C=O) groups excluding carboxylic acids is 2. The van der Waals surface area contributed by atoms with Gasteiger partial charge < -0.3 is 17.2 Å². The molecule has 0 radical (unpaired) electrons. The van der Waals surface area contributed by atoms with E-state index in [1.54, 1.807) is 6.07 Å². The summed E-state index contributed by atoms with van der Waals surface area (Å²) in [5.41, 5.74) is 16.2. The smallest absolute Gasteiger partial charge is 0.244 e. The lowest BCUT2D eigenvalue weighted by atomic mass is 10.2. The number of rotatable bonds is 6. The summed E-state index contributed by atoms with van der Waals surface area (Å²) in [4.78, 5) is 21.8. The number of carbonyl (C=O) groups is 2.